The average Bonchev–Trinajstić information content (AvgIpc) is 3.40. The lowest BCUT2D eigenvalue weighted by atomic mass is 9.89. The number of likely N-dealkylation sites (tertiary alicyclic amines) is 1. The Morgan fingerprint density at radius 3 is 2.71 bits per heavy atom. The zero-order valence-electron chi connectivity index (χ0n) is 19.6. The second kappa shape index (κ2) is 7.87. The first kappa shape index (κ1) is 22.0. The molecule has 1 N–H and O–H groups in total. The molecule has 1 saturated heterocycles. The molecule has 0 radical (unpaired) electrons. The van der Waals surface area contributed by atoms with Crippen molar-refractivity contribution in [1.29, 1.82) is 5.26 Å². The highest BCUT2D eigenvalue weighted by atomic mass is 16.6. The van der Waals surface area contributed by atoms with Crippen LogP contribution in [0.25, 0.3) is 10.8 Å². The van der Waals surface area contributed by atoms with Crippen LogP contribution in [0.3, 0.4) is 0 Å². The molecule has 0 saturated carbocycles. The molecule has 0 bridgehead atoms. The summed E-state index contributed by atoms with van der Waals surface area (Å²) in [6.45, 7) is 6.41. The fourth-order valence-corrected chi connectivity index (χ4v) is 4.79. The van der Waals surface area contributed by atoms with Crippen LogP contribution in [0, 0.1) is 11.3 Å². The maximum Gasteiger partial charge on any atom is 0.410 e. The Morgan fingerprint density at radius 1 is 1.24 bits per heavy atom. The number of nitriles is 1. The van der Waals surface area contributed by atoms with Gasteiger partial charge in [-0.05, 0) is 49.4 Å². The van der Waals surface area contributed by atoms with Gasteiger partial charge in [-0.25, -0.2) is 4.79 Å². The predicted molar refractivity (Wildman–Crippen MR) is 128 cm³/mol. The summed E-state index contributed by atoms with van der Waals surface area (Å²) in [7, 11) is 0. The number of nitrogens with one attached hydrogen (secondary N) is 1. The first-order valence-electron chi connectivity index (χ1n) is 11.5. The summed E-state index contributed by atoms with van der Waals surface area (Å²) in [4.78, 5) is 26.3. The second-order valence-electron chi connectivity index (χ2n) is 10.0. The van der Waals surface area contributed by atoms with E-state index >= 15 is 0 Å². The quantitative estimate of drug-likeness (QED) is 0.627. The predicted octanol–water partition coefficient (Wildman–Crippen LogP) is 4.44. The van der Waals surface area contributed by atoms with Gasteiger partial charge in [0.25, 0.3) is 5.91 Å². The molecule has 8 nitrogen and oxygen atoms in total. The van der Waals surface area contributed by atoms with Gasteiger partial charge in [0.05, 0.1) is 12.3 Å². The van der Waals surface area contributed by atoms with Gasteiger partial charge in [-0.2, -0.15) is 10.4 Å². The van der Waals surface area contributed by atoms with Crippen LogP contribution in [0.1, 0.15) is 55.1 Å². The molecule has 34 heavy (non-hydrogen) atoms. The summed E-state index contributed by atoms with van der Waals surface area (Å²) in [5.74, 6) is -0.0701. The van der Waals surface area contributed by atoms with E-state index in [-0.39, 0.29) is 12.0 Å². The third-order valence-corrected chi connectivity index (χ3v) is 6.54. The van der Waals surface area contributed by atoms with Gasteiger partial charge >= 0.3 is 6.09 Å². The van der Waals surface area contributed by atoms with E-state index in [9.17, 15) is 14.9 Å². The van der Waals surface area contributed by atoms with E-state index < -0.39 is 11.1 Å². The van der Waals surface area contributed by atoms with E-state index in [1.807, 2.05) is 57.3 Å². The maximum absolute atomic E-state index is 12.4. The molecule has 174 valence electrons. The number of piperidine rings is 1. The molecule has 8 heteroatoms. The topological polar surface area (TPSA) is 100 Å². The van der Waals surface area contributed by atoms with E-state index in [1.54, 1.807) is 15.8 Å². The monoisotopic (exact) mass is 457 g/mol. The maximum atomic E-state index is 12.4. The molecule has 1 fully saturated rings. The Hall–Kier alpha value is -3.86. The minimum atomic E-state index is -0.797. The number of rotatable bonds is 3. The molecule has 2 aliphatic heterocycles. The normalized spacial score (nSPS) is 16.9. The first-order chi connectivity index (χ1) is 16.2. The second-order valence-corrected chi connectivity index (χ2v) is 10.0. The van der Waals surface area contributed by atoms with Crippen LogP contribution in [0.4, 0.5) is 10.5 Å². The average molecular weight is 458 g/mol. The van der Waals surface area contributed by atoms with Gasteiger partial charge in [0.15, 0.2) is 5.54 Å². The number of hydrogen-bond acceptors (Lipinski definition) is 5. The Kier molecular flexibility index (Phi) is 5.08. The molecule has 2 aromatic carbocycles. The van der Waals surface area contributed by atoms with Gasteiger partial charge in [0, 0.05) is 55.2 Å². The summed E-state index contributed by atoms with van der Waals surface area (Å²) in [5.41, 5.74) is 2.28. The Bertz CT molecular complexity index is 1340. The van der Waals surface area contributed by atoms with Crippen molar-refractivity contribution in [3.63, 3.8) is 0 Å². The van der Waals surface area contributed by atoms with E-state index in [0.29, 0.717) is 37.9 Å². The SMILES string of the molecule is CC(C)(C)OC(=O)N1CCC(C#N)(n2cc(Cc3ccc4c5c(cccc35)C(=O)N4)cn2)CC1. The van der Waals surface area contributed by atoms with Gasteiger partial charge in [-0.3, -0.25) is 9.48 Å². The molecular weight excluding hydrogens is 430 g/mol. The lowest BCUT2D eigenvalue weighted by Crippen LogP contribution is -2.48. The van der Waals surface area contributed by atoms with Crippen molar-refractivity contribution in [2.45, 2.75) is 51.2 Å². The minimum Gasteiger partial charge on any atom is -0.444 e. The van der Waals surface area contributed by atoms with Crippen LogP contribution in [0.5, 0.6) is 0 Å². The number of amides is 2. The summed E-state index contributed by atoms with van der Waals surface area (Å²) in [6, 6.07) is 12.2. The number of nitrogens with zero attached hydrogens (tertiary/aromatic N) is 4. The van der Waals surface area contributed by atoms with E-state index in [2.05, 4.69) is 16.5 Å². The van der Waals surface area contributed by atoms with Gasteiger partial charge < -0.3 is 15.0 Å². The third kappa shape index (κ3) is 3.77. The van der Waals surface area contributed by atoms with E-state index in [4.69, 9.17) is 4.74 Å². The third-order valence-electron chi connectivity index (χ3n) is 6.54. The highest BCUT2D eigenvalue weighted by molar-refractivity contribution is 6.24. The molecule has 0 spiro atoms. The van der Waals surface area contributed by atoms with Crippen molar-refractivity contribution in [3.8, 4) is 6.07 Å². The summed E-state index contributed by atoms with van der Waals surface area (Å²) in [6.07, 6.45) is 4.99. The van der Waals surface area contributed by atoms with Crippen LogP contribution in [0.15, 0.2) is 42.7 Å². The standard InChI is InChI=1S/C26H27N5O3/c1-25(2,3)34-24(33)30-11-9-26(16-27,10-12-30)31-15-17(14-28-31)13-18-7-8-21-22-19(18)5-4-6-20(22)23(32)29-21/h4-8,14-15H,9-13H2,1-3H3,(H,29,32). The van der Waals surface area contributed by atoms with Crippen molar-refractivity contribution in [1.82, 2.24) is 14.7 Å². The molecule has 3 aromatic rings. The molecule has 1 aromatic heterocycles. The van der Waals surface area contributed by atoms with Crippen LogP contribution >= 0.6 is 0 Å². The smallest absolute Gasteiger partial charge is 0.410 e. The van der Waals surface area contributed by atoms with E-state index in [1.165, 1.54) is 0 Å². The number of carbonyl (C=O) groups excluding carboxylic acids is 2. The molecule has 2 aliphatic rings. The Morgan fingerprint density at radius 2 is 2.00 bits per heavy atom. The summed E-state index contributed by atoms with van der Waals surface area (Å²) in [5, 5.41) is 19.5. The minimum absolute atomic E-state index is 0.0701. The zero-order chi connectivity index (χ0) is 24.1. The number of anilines is 1. The molecular formula is C26H27N5O3. The molecule has 0 unspecified atom stereocenters. The van der Waals surface area contributed by atoms with Crippen molar-refractivity contribution in [3.05, 3.63) is 59.4 Å². The lowest BCUT2D eigenvalue weighted by Gasteiger charge is -2.37. The van der Waals surface area contributed by atoms with Crippen LogP contribution in [0.2, 0.25) is 0 Å². The van der Waals surface area contributed by atoms with Gasteiger partial charge in [0.1, 0.15) is 5.60 Å². The summed E-state index contributed by atoms with van der Waals surface area (Å²) >= 11 is 0. The van der Waals surface area contributed by atoms with Crippen molar-refractivity contribution in [2.75, 3.05) is 18.4 Å². The number of benzene rings is 2. The highest BCUT2D eigenvalue weighted by Gasteiger charge is 2.39. The molecule has 2 amide bonds. The van der Waals surface area contributed by atoms with Crippen molar-refractivity contribution in [2.24, 2.45) is 0 Å². The molecule has 3 heterocycles. The summed E-state index contributed by atoms with van der Waals surface area (Å²) < 4.78 is 7.22. The van der Waals surface area contributed by atoms with Crippen LogP contribution in [-0.2, 0) is 16.7 Å². The lowest BCUT2D eigenvalue weighted by molar-refractivity contribution is 0.0148. The van der Waals surface area contributed by atoms with Crippen LogP contribution < -0.4 is 5.32 Å². The van der Waals surface area contributed by atoms with Gasteiger partial charge in [-0.15, -0.1) is 0 Å². The fraction of sp³-hybridized carbons (Fsp3) is 0.385. The van der Waals surface area contributed by atoms with Gasteiger partial charge in [0.2, 0.25) is 0 Å². The molecule has 0 atom stereocenters. The highest BCUT2D eigenvalue weighted by Crippen LogP contribution is 2.36. The number of carbonyl (C=O) groups is 2. The molecule has 5 rings (SSSR count). The largest absolute Gasteiger partial charge is 0.444 e. The Balaban J connectivity index is 1.35. The van der Waals surface area contributed by atoms with Gasteiger partial charge in [-0.1, -0.05) is 18.2 Å². The zero-order valence-corrected chi connectivity index (χ0v) is 19.6. The first-order valence-corrected chi connectivity index (χ1v) is 11.5. The number of aromatic nitrogens is 2. The fourth-order valence-electron chi connectivity index (χ4n) is 4.79. The van der Waals surface area contributed by atoms with Crippen LogP contribution in [-0.4, -0.2) is 45.4 Å². The number of hydrogen-bond donors (Lipinski definition) is 1. The number of ether oxygens (including phenoxy) is 1. The van der Waals surface area contributed by atoms with Crippen molar-refractivity contribution >= 4 is 28.5 Å². The van der Waals surface area contributed by atoms with Crippen molar-refractivity contribution < 1.29 is 14.3 Å². The van der Waals surface area contributed by atoms with E-state index in [0.717, 1.165) is 27.6 Å². The molecule has 0 aliphatic carbocycles. The Labute approximate surface area is 198 Å².